The summed E-state index contributed by atoms with van der Waals surface area (Å²) in [4.78, 5) is 22.3. The summed E-state index contributed by atoms with van der Waals surface area (Å²) in [5, 5.41) is 7.51. The minimum atomic E-state index is -0.162. The SMILES string of the molecule is COc1ccc(CNC(=O)c2cnn(-c3nccc(-c4ccccc4OC)n3)c2C2CC2)cc1. The zero-order chi connectivity index (χ0) is 23.5. The summed E-state index contributed by atoms with van der Waals surface area (Å²) in [5.41, 5.74) is 3.99. The Morgan fingerprint density at radius 1 is 1.06 bits per heavy atom. The molecule has 4 aromatic rings. The molecule has 1 aliphatic rings. The van der Waals surface area contributed by atoms with Crippen LogP contribution in [0.5, 0.6) is 11.5 Å². The van der Waals surface area contributed by atoms with Crippen molar-refractivity contribution in [2.24, 2.45) is 0 Å². The van der Waals surface area contributed by atoms with Crippen LogP contribution in [-0.2, 0) is 6.54 Å². The van der Waals surface area contributed by atoms with Crippen molar-refractivity contribution in [2.75, 3.05) is 14.2 Å². The number of ether oxygens (including phenoxy) is 2. The van der Waals surface area contributed by atoms with Gasteiger partial charge in [-0.05, 0) is 48.7 Å². The molecule has 0 unspecified atom stereocenters. The van der Waals surface area contributed by atoms with Crippen LogP contribution in [0.3, 0.4) is 0 Å². The molecule has 1 N–H and O–H groups in total. The summed E-state index contributed by atoms with van der Waals surface area (Å²) >= 11 is 0. The van der Waals surface area contributed by atoms with Gasteiger partial charge in [-0.15, -0.1) is 0 Å². The molecule has 1 fully saturated rings. The maximum Gasteiger partial charge on any atom is 0.255 e. The lowest BCUT2D eigenvalue weighted by Crippen LogP contribution is -2.24. The quantitative estimate of drug-likeness (QED) is 0.429. The third-order valence-electron chi connectivity index (χ3n) is 5.84. The van der Waals surface area contributed by atoms with Crippen LogP contribution in [0.1, 0.15) is 40.4 Å². The van der Waals surface area contributed by atoms with Gasteiger partial charge < -0.3 is 14.8 Å². The third-order valence-corrected chi connectivity index (χ3v) is 5.84. The minimum absolute atomic E-state index is 0.162. The number of para-hydroxylation sites is 1. The lowest BCUT2D eigenvalue weighted by atomic mass is 10.1. The average Bonchev–Trinajstić information content (AvgIpc) is 3.64. The van der Waals surface area contributed by atoms with E-state index in [0.717, 1.165) is 46.9 Å². The van der Waals surface area contributed by atoms with Crippen LogP contribution in [-0.4, -0.2) is 39.9 Å². The minimum Gasteiger partial charge on any atom is -0.497 e. The number of nitrogens with one attached hydrogen (secondary N) is 1. The topological polar surface area (TPSA) is 91.2 Å². The van der Waals surface area contributed by atoms with Crippen molar-refractivity contribution >= 4 is 5.91 Å². The molecule has 0 bridgehead atoms. The number of benzene rings is 2. The summed E-state index contributed by atoms with van der Waals surface area (Å²) in [5.74, 6) is 2.04. The van der Waals surface area contributed by atoms with Crippen molar-refractivity contribution in [3.8, 4) is 28.7 Å². The molecule has 0 atom stereocenters. The molecule has 0 saturated heterocycles. The predicted octanol–water partition coefficient (Wildman–Crippen LogP) is 4.15. The number of rotatable bonds is 8. The second-order valence-corrected chi connectivity index (χ2v) is 8.10. The first-order valence-corrected chi connectivity index (χ1v) is 11.1. The second-order valence-electron chi connectivity index (χ2n) is 8.10. The number of aromatic nitrogens is 4. The first-order chi connectivity index (χ1) is 16.7. The Labute approximate surface area is 197 Å². The summed E-state index contributed by atoms with van der Waals surface area (Å²) in [6.45, 7) is 0.415. The molecule has 2 aromatic carbocycles. The first-order valence-electron chi connectivity index (χ1n) is 11.1. The normalized spacial score (nSPS) is 12.9. The van der Waals surface area contributed by atoms with Crippen molar-refractivity contribution in [2.45, 2.75) is 25.3 Å². The fourth-order valence-corrected chi connectivity index (χ4v) is 3.92. The molecule has 172 valence electrons. The number of hydrogen-bond acceptors (Lipinski definition) is 6. The first kappa shape index (κ1) is 21.6. The summed E-state index contributed by atoms with van der Waals surface area (Å²) < 4.78 is 12.4. The maximum absolute atomic E-state index is 13.1. The lowest BCUT2D eigenvalue weighted by Gasteiger charge is -2.11. The van der Waals surface area contributed by atoms with Gasteiger partial charge in [0.05, 0.1) is 37.4 Å². The maximum atomic E-state index is 13.1. The highest BCUT2D eigenvalue weighted by atomic mass is 16.5. The fraction of sp³-hybridized carbons (Fsp3) is 0.231. The Bertz CT molecular complexity index is 1310. The van der Waals surface area contributed by atoms with Crippen LogP contribution in [0.2, 0.25) is 0 Å². The Kier molecular flexibility index (Phi) is 5.95. The highest BCUT2D eigenvalue weighted by Gasteiger charge is 2.33. The summed E-state index contributed by atoms with van der Waals surface area (Å²) in [6, 6.07) is 17.2. The van der Waals surface area contributed by atoms with E-state index >= 15 is 0 Å². The Balaban J connectivity index is 1.42. The van der Waals surface area contributed by atoms with Crippen LogP contribution in [0, 0.1) is 0 Å². The van der Waals surface area contributed by atoms with Crippen LogP contribution in [0.4, 0.5) is 0 Å². The smallest absolute Gasteiger partial charge is 0.255 e. The van der Waals surface area contributed by atoms with Gasteiger partial charge in [0, 0.05) is 24.2 Å². The van der Waals surface area contributed by atoms with Crippen LogP contribution in [0.15, 0.2) is 67.0 Å². The molecule has 0 spiro atoms. The van der Waals surface area contributed by atoms with E-state index in [2.05, 4.69) is 15.4 Å². The van der Waals surface area contributed by atoms with E-state index in [9.17, 15) is 4.79 Å². The average molecular weight is 456 g/mol. The Morgan fingerprint density at radius 3 is 2.59 bits per heavy atom. The number of amides is 1. The van der Waals surface area contributed by atoms with Crippen LogP contribution < -0.4 is 14.8 Å². The molecular formula is C26H25N5O3. The molecular weight excluding hydrogens is 430 g/mol. The van der Waals surface area contributed by atoms with E-state index in [0.29, 0.717) is 18.1 Å². The van der Waals surface area contributed by atoms with E-state index in [1.165, 1.54) is 0 Å². The number of carbonyl (C=O) groups is 1. The standard InChI is InChI=1S/C26H25N5O3/c1-33-19-11-7-17(8-12-19)15-28-25(32)21-16-29-31(24(21)18-9-10-18)26-27-14-13-22(30-26)20-5-3-4-6-23(20)34-2/h3-8,11-14,16,18H,9-10,15H2,1-2H3,(H,28,32). The van der Waals surface area contributed by atoms with Crippen molar-refractivity contribution in [3.63, 3.8) is 0 Å². The van der Waals surface area contributed by atoms with Gasteiger partial charge in [0.1, 0.15) is 11.5 Å². The molecule has 2 heterocycles. The molecule has 8 nitrogen and oxygen atoms in total. The second kappa shape index (κ2) is 9.35. The third kappa shape index (κ3) is 4.34. The van der Waals surface area contributed by atoms with Gasteiger partial charge in [-0.3, -0.25) is 4.79 Å². The molecule has 0 aliphatic heterocycles. The van der Waals surface area contributed by atoms with Gasteiger partial charge >= 0.3 is 0 Å². The van der Waals surface area contributed by atoms with Gasteiger partial charge in [0.25, 0.3) is 11.9 Å². The van der Waals surface area contributed by atoms with E-state index in [1.807, 2.05) is 54.6 Å². The highest BCUT2D eigenvalue weighted by Crippen LogP contribution is 2.42. The Morgan fingerprint density at radius 2 is 1.85 bits per heavy atom. The van der Waals surface area contributed by atoms with Crippen molar-refractivity contribution in [3.05, 3.63) is 83.8 Å². The van der Waals surface area contributed by atoms with Gasteiger partial charge in [-0.2, -0.15) is 5.10 Å². The van der Waals surface area contributed by atoms with Gasteiger partial charge in [-0.25, -0.2) is 14.6 Å². The molecule has 8 heteroatoms. The largest absolute Gasteiger partial charge is 0.497 e. The zero-order valence-corrected chi connectivity index (χ0v) is 19.1. The molecule has 34 heavy (non-hydrogen) atoms. The molecule has 1 aliphatic carbocycles. The van der Waals surface area contributed by atoms with Crippen molar-refractivity contribution in [1.29, 1.82) is 0 Å². The molecule has 0 radical (unpaired) electrons. The van der Waals surface area contributed by atoms with Gasteiger partial charge in [0.2, 0.25) is 0 Å². The van der Waals surface area contributed by atoms with E-state index in [-0.39, 0.29) is 11.8 Å². The molecule has 1 amide bonds. The Hall–Kier alpha value is -4.20. The fourth-order valence-electron chi connectivity index (χ4n) is 3.92. The summed E-state index contributed by atoms with van der Waals surface area (Å²) in [7, 11) is 3.26. The molecule has 5 rings (SSSR count). The molecule has 2 aromatic heterocycles. The summed E-state index contributed by atoms with van der Waals surface area (Å²) in [6.07, 6.45) is 5.33. The van der Waals surface area contributed by atoms with Gasteiger partial charge in [0.15, 0.2) is 0 Å². The number of carbonyl (C=O) groups excluding carboxylic acids is 1. The zero-order valence-electron chi connectivity index (χ0n) is 19.1. The van der Waals surface area contributed by atoms with Crippen molar-refractivity contribution in [1.82, 2.24) is 25.1 Å². The number of nitrogens with zero attached hydrogens (tertiary/aromatic N) is 4. The van der Waals surface area contributed by atoms with E-state index in [4.69, 9.17) is 14.5 Å². The lowest BCUT2D eigenvalue weighted by molar-refractivity contribution is 0.0950. The molecule has 1 saturated carbocycles. The number of methoxy groups -OCH3 is 2. The van der Waals surface area contributed by atoms with Gasteiger partial charge in [-0.1, -0.05) is 24.3 Å². The predicted molar refractivity (Wildman–Crippen MR) is 127 cm³/mol. The monoisotopic (exact) mass is 455 g/mol. The van der Waals surface area contributed by atoms with Crippen molar-refractivity contribution < 1.29 is 14.3 Å². The van der Waals surface area contributed by atoms with Crippen LogP contribution >= 0.6 is 0 Å². The number of hydrogen-bond donors (Lipinski definition) is 1. The highest BCUT2D eigenvalue weighted by molar-refractivity contribution is 5.95. The van der Waals surface area contributed by atoms with E-state index in [1.54, 1.807) is 31.3 Å². The van der Waals surface area contributed by atoms with Crippen LogP contribution in [0.25, 0.3) is 17.2 Å². The van der Waals surface area contributed by atoms with E-state index < -0.39 is 0 Å².